The van der Waals surface area contributed by atoms with E-state index < -0.39 is 0 Å². The molecule has 1 N–H and O–H groups in total. The first-order chi connectivity index (χ1) is 9.83. The highest BCUT2D eigenvalue weighted by Crippen LogP contribution is 2.24. The van der Waals surface area contributed by atoms with E-state index in [1.54, 1.807) is 7.11 Å². The van der Waals surface area contributed by atoms with Crippen molar-refractivity contribution in [3.63, 3.8) is 0 Å². The van der Waals surface area contributed by atoms with Gasteiger partial charge in [0.25, 0.3) is 0 Å². The number of nitrogens with one attached hydrogen (secondary N) is 1. The quantitative estimate of drug-likeness (QED) is 0.830. The highest BCUT2D eigenvalue weighted by molar-refractivity contribution is 5.56. The molecule has 0 bridgehead atoms. The molecule has 0 spiro atoms. The Bertz CT molecular complexity index is 523. The largest absolute Gasteiger partial charge is 0.492 e. The Kier molecular flexibility index (Phi) is 5.44. The van der Waals surface area contributed by atoms with E-state index in [9.17, 15) is 0 Å². The fourth-order valence-electron chi connectivity index (χ4n) is 2.01. The van der Waals surface area contributed by atoms with E-state index in [4.69, 9.17) is 9.47 Å². The van der Waals surface area contributed by atoms with E-state index in [1.807, 2.05) is 31.2 Å². The Morgan fingerprint density at radius 1 is 0.950 bits per heavy atom. The smallest absolute Gasteiger partial charge is 0.142 e. The number of para-hydroxylation sites is 2. The molecule has 2 aromatic carbocycles. The molecule has 20 heavy (non-hydrogen) atoms. The molecule has 0 amide bonds. The summed E-state index contributed by atoms with van der Waals surface area (Å²) in [7, 11) is 1.71. The van der Waals surface area contributed by atoms with Crippen LogP contribution in [0.5, 0.6) is 5.75 Å². The summed E-state index contributed by atoms with van der Waals surface area (Å²) in [4.78, 5) is 0. The summed E-state index contributed by atoms with van der Waals surface area (Å²) in [5.41, 5.74) is 3.44. The van der Waals surface area contributed by atoms with Crippen LogP contribution in [0.15, 0.2) is 48.5 Å². The first-order valence-corrected chi connectivity index (χ1v) is 6.86. The van der Waals surface area contributed by atoms with E-state index in [2.05, 4.69) is 29.6 Å². The first-order valence-electron chi connectivity index (χ1n) is 6.86. The molecule has 0 aromatic heterocycles. The molecule has 106 valence electrons. The molecule has 3 heteroatoms. The molecule has 0 atom stereocenters. The maximum absolute atomic E-state index is 5.60. The second-order valence-corrected chi connectivity index (χ2v) is 4.53. The third kappa shape index (κ3) is 4.00. The van der Waals surface area contributed by atoms with Gasteiger partial charge in [0.2, 0.25) is 0 Å². The summed E-state index contributed by atoms with van der Waals surface area (Å²) in [6, 6.07) is 16.4. The van der Waals surface area contributed by atoms with Crippen molar-refractivity contribution in [2.45, 2.75) is 20.1 Å². The van der Waals surface area contributed by atoms with Crippen molar-refractivity contribution in [1.82, 2.24) is 0 Å². The lowest BCUT2D eigenvalue weighted by molar-refractivity contribution is 0.185. The molecule has 0 heterocycles. The van der Waals surface area contributed by atoms with Crippen molar-refractivity contribution < 1.29 is 9.47 Å². The topological polar surface area (TPSA) is 30.5 Å². The molecule has 0 saturated carbocycles. The van der Waals surface area contributed by atoms with Gasteiger partial charge in [0.15, 0.2) is 0 Å². The standard InChI is InChI=1S/C17H21NO2/c1-3-20-17-7-5-4-6-16(17)18-12-14-8-10-15(11-9-14)13-19-2/h4-11,18H,3,12-13H2,1-2H3. The van der Waals surface area contributed by atoms with Gasteiger partial charge in [-0.2, -0.15) is 0 Å². The average molecular weight is 271 g/mol. The Morgan fingerprint density at radius 2 is 1.65 bits per heavy atom. The summed E-state index contributed by atoms with van der Waals surface area (Å²) in [5.74, 6) is 0.894. The number of hydrogen-bond acceptors (Lipinski definition) is 3. The summed E-state index contributed by atoms with van der Waals surface area (Å²) in [6.07, 6.45) is 0. The second-order valence-electron chi connectivity index (χ2n) is 4.53. The summed E-state index contributed by atoms with van der Waals surface area (Å²) < 4.78 is 10.7. The van der Waals surface area contributed by atoms with Gasteiger partial charge in [0.05, 0.1) is 18.9 Å². The highest BCUT2D eigenvalue weighted by Gasteiger charge is 2.01. The minimum atomic E-state index is 0.654. The second kappa shape index (κ2) is 7.56. The maximum Gasteiger partial charge on any atom is 0.142 e. The molecule has 0 aliphatic carbocycles. The van der Waals surface area contributed by atoms with Crippen LogP contribution in [0.1, 0.15) is 18.1 Å². The third-order valence-electron chi connectivity index (χ3n) is 3.00. The SMILES string of the molecule is CCOc1ccccc1NCc1ccc(COC)cc1. The Balaban J connectivity index is 1.97. The zero-order valence-corrected chi connectivity index (χ0v) is 12.1. The average Bonchev–Trinajstić information content (AvgIpc) is 2.48. The van der Waals surface area contributed by atoms with Gasteiger partial charge < -0.3 is 14.8 Å². The van der Waals surface area contributed by atoms with Crippen molar-refractivity contribution in [2.24, 2.45) is 0 Å². The molecule has 0 saturated heterocycles. The minimum Gasteiger partial charge on any atom is -0.492 e. The third-order valence-corrected chi connectivity index (χ3v) is 3.00. The lowest BCUT2D eigenvalue weighted by Crippen LogP contribution is -2.02. The number of methoxy groups -OCH3 is 1. The predicted molar refractivity (Wildman–Crippen MR) is 82.1 cm³/mol. The van der Waals surface area contributed by atoms with Crippen molar-refractivity contribution in [2.75, 3.05) is 19.0 Å². The van der Waals surface area contributed by atoms with E-state index in [0.717, 1.165) is 18.0 Å². The lowest BCUT2D eigenvalue weighted by atomic mass is 10.1. The predicted octanol–water partition coefficient (Wildman–Crippen LogP) is 3.84. The molecule has 2 rings (SSSR count). The van der Waals surface area contributed by atoms with Crippen LogP contribution >= 0.6 is 0 Å². The van der Waals surface area contributed by atoms with Crippen LogP contribution in [-0.2, 0) is 17.9 Å². The number of anilines is 1. The van der Waals surface area contributed by atoms with Gasteiger partial charge in [-0.25, -0.2) is 0 Å². The van der Waals surface area contributed by atoms with E-state index in [1.165, 1.54) is 11.1 Å². The Hall–Kier alpha value is -2.00. The van der Waals surface area contributed by atoms with Gasteiger partial charge in [-0.3, -0.25) is 0 Å². The number of benzene rings is 2. The molecule has 0 unspecified atom stereocenters. The number of hydrogen-bond donors (Lipinski definition) is 1. The normalized spacial score (nSPS) is 10.3. The monoisotopic (exact) mass is 271 g/mol. The fourth-order valence-corrected chi connectivity index (χ4v) is 2.01. The highest BCUT2D eigenvalue weighted by atomic mass is 16.5. The fraction of sp³-hybridized carbons (Fsp3) is 0.294. The Labute approximate surface area is 120 Å². The van der Waals surface area contributed by atoms with Crippen molar-refractivity contribution in [3.05, 3.63) is 59.7 Å². The van der Waals surface area contributed by atoms with E-state index >= 15 is 0 Å². The first kappa shape index (κ1) is 14.4. The van der Waals surface area contributed by atoms with Crippen LogP contribution < -0.4 is 10.1 Å². The summed E-state index contributed by atoms with van der Waals surface area (Å²) in [6.45, 7) is 4.09. The molecule has 2 aromatic rings. The van der Waals surface area contributed by atoms with Gasteiger partial charge in [0, 0.05) is 13.7 Å². The van der Waals surface area contributed by atoms with Crippen LogP contribution in [0, 0.1) is 0 Å². The Morgan fingerprint density at radius 3 is 2.35 bits per heavy atom. The van der Waals surface area contributed by atoms with E-state index in [-0.39, 0.29) is 0 Å². The van der Waals surface area contributed by atoms with Crippen LogP contribution in [-0.4, -0.2) is 13.7 Å². The maximum atomic E-state index is 5.60. The lowest BCUT2D eigenvalue weighted by Gasteiger charge is -2.12. The molecule has 0 fully saturated rings. The van der Waals surface area contributed by atoms with Gasteiger partial charge in [-0.15, -0.1) is 0 Å². The molecular formula is C17H21NO2. The number of rotatable bonds is 7. The van der Waals surface area contributed by atoms with Crippen LogP contribution in [0.2, 0.25) is 0 Å². The molecule has 0 radical (unpaired) electrons. The molecule has 3 nitrogen and oxygen atoms in total. The van der Waals surface area contributed by atoms with Crippen molar-refractivity contribution >= 4 is 5.69 Å². The van der Waals surface area contributed by atoms with Crippen molar-refractivity contribution in [1.29, 1.82) is 0 Å². The van der Waals surface area contributed by atoms with Gasteiger partial charge in [0.1, 0.15) is 5.75 Å². The van der Waals surface area contributed by atoms with Crippen LogP contribution in [0.3, 0.4) is 0 Å². The molecular weight excluding hydrogens is 250 g/mol. The van der Waals surface area contributed by atoms with Gasteiger partial charge in [-0.1, -0.05) is 36.4 Å². The van der Waals surface area contributed by atoms with Crippen LogP contribution in [0.25, 0.3) is 0 Å². The van der Waals surface area contributed by atoms with E-state index in [0.29, 0.717) is 13.2 Å². The summed E-state index contributed by atoms with van der Waals surface area (Å²) >= 11 is 0. The summed E-state index contributed by atoms with van der Waals surface area (Å²) in [5, 5.41) is 3.41. The van der Waals surface area contributed by atoms with Gasteiger partial charge in [-0.05, 0) is 30.2 Å². The van der Waals surface area contributed by atoms with Gasteiger partial charge >= 0.3 is 0 Å². The zero-order chi connectivity index (χ0) is 14.2. The zero-order valence-electron chi connectivity index (χ0n) is 12.1. The van der Waals surface area contributed by atoms with Crippen molar-refractivity contribution in [3.8, 4) is 5.75 Å². The minimum absolute atomic E-state index is 0.654. The number of ether oxygens (including phenoxy) is 2. The molecule has 0 aliphatic heterocycles. The van der Waals surface area contributed by atoms with Crippen LogP contribution in [0.4, 0.5) is 5.69 Å². The molecule has 0 aliphatic rings.